The fraction of sp³-hybridized carbons (Fsp3) is 0.702. The summed E-state index contributed by atoms with van der Waals surface area (Å²) in [4.78, 5) is 34.9. The second-order valence-corrected chi connectivity index (χ2v) is 16.0. The van der Waals surface area contributed by atoms with Gasteiger partial charge < -0.3 is 20.1 Å². The summed E-state index contributed by atoms with van der Waals surface area (Å²) in [5.41, 5.74) is 5.34. The summed E-state index contributed by atoms with van der Waals surface area (Å²) in [5.74, 6) is -0.933. The molecule has 3 N–H and O–H groups in total. The molecule has 0 amide bonds. The van der Waals surface area contributed by atoms with Crippen LogP contribution in [0.3, 0.4) is 0 Å². The highest BCUT2D eigenvalue weighted by atomic mass is 31.2. The molecule has 10 heteroatoms. The Bertz CT molecular complexity index is 1160. The van der Waals surface area contributed by atoms with Gasteiger partial charge in [-0.05, 0) is 77.0 Å². The van der Waals surface area contributed by atoms with E-state index >= 15 is 0 Å². The summed E-state index contributed by atoms with van der Waals surface area (Å²) in [5, 5.41) is 0. The first kappa shape index (κ1) is 54.5. The Morgan fingerprint density at radius 1 is 0.526 bits per heavy atom. The minimum Gasteiger partial charge on any atom is -0.462 e. The quantitative estimate of drug-likeness (QED) is 0.0267. The van der Waals surface area contributed by atoms with Crippen LogP contribution in [-0.2, 0) is 32.7 Å². The SMILES string of the molecule is CCCCCC=CCC=CCC=CCC=CCC=CCCC(=O)OCC(COP(=O)(O)OCCN)OC(=O)CCCCCCCCCC=CCCCCCCCC. The standard InChI is InChI=1S/C47H82NO8P/c1-3-5-7-9-11-13-15-17-19-21-22-24-25-27-29-31-33-35-37-39-46(49)53-43-45(44-55-57(51,52)54-42-41-48)56-47(50)40-38-36-34-32-30-28-26-23-20-18-16-14-12-10-8-6-4-2/h11,13,17-20,22,24,27,29,33,35,45H,3-10,12,14-16,21,23,25-26,28,30-32,34,36-44,48H2,1-2H3,(H,51,52). The zero-order valence-electron chi connectivity index (χ0n) is 36.0. The normalized spacial score (nSPS) is 14.0. The monoisotopic (exact) mass is 820 g/mol. The van der Waals surface area contributed by atoms with Gasteiger partial charge in [0, 0.05) is 19.4 Å². The third-order valence-electron chi connectivity index (χ3n) is 9.08. The summed E-state index contributed by atoms with van der Waals surface area (Å²) in [6.07, 6.45) is 52.3. The fourth-order valence-corrected chi connectivity index (χ4v) is 6.49. The van der Waals surface area contributed by atoms with Gasteiger partial charge in [-0.2, -0.15) is 0 Å². The van der Waals surface area contributed by atoms with Crippen LogP contribution in [-0.4, -0.2) is 49.3 Å². The molecule has 0 aliphatic heterocycles. The molecule has 9 nitrogen and oxygen atoms in total. The highest BCUT2D eigenvalue weighted by Crippen LogP contribution is 2.43. The number of hydrogen-bond donors (Lipinski definition) is 2. The van der Waals surface area contributed by atoms with Gasteiger partial charge in [0.05, 0.1) is 13.2 Å². The Morgan fingerprint density at radius 2 is 0.947 bits per heavy atom. The predicted octanol–water partition coefficient (Wildman–Crippen LogP) is 13.1. The van der Waals surface area contributed by atoms with Gasteiger partial charge in [-0.3, -0.25) is 18.6 Å². The summed E-state index contributed by atoms with van der Waals surface area (Å²) >= 11 is 0. The molecule has 0 aromatic heterocycles. The number of hydrogen-bond acceptors (Lipinski definition) is 8. The highest BCUT2D eigenvalue weighted by Gasteiger charge is 2.25. The first-order chi connectivity index (χ1) is 27.8. The van der Waals surface area contributed by atoms with E-state index in [1.807, 2.05) is 12.2 Å². The van der Waals surface area contributed by atoms with Gasteiger partial charge in [-0.15, -0.1) is 0 Å². The average molecular weight is 820 g/mol. The number of phosphoric ester groups is 1. The van der Waals surface area contributed by atoms with Gasteiger partial charge in [-0.1, -0.05) is 164 Å². The number of rotatable bonds is 41. The zero-order valence-corrected chi connectivity index (χ0v) is 36.9. The van der Waals surface area contributed by atoms with Crippen LogP contribution in [0, 0.1) is 0 Å². The third-order valence-corrected chi connectivity index (χ3v) is 10.1. The van der Waals surface area contributed by atoms with Crippen LogP contribution in [0.15, 0.2) is 72.9 Å². The Kier molecular flexibility index (Phi) is 41.1. The number of ether oxygens (including phenoxy) is 2. The molecule has 328 valence electrons. The van der Waals surface area contributed by atoms with Gasteiger partial charge in [0.2, 0.25) is 0 Å². The van der Waals surface area contributed by atoms with E-state index in [1.54, 1.807) is 0 Å². The van der Waals surface area contributed by atoms with Crippen LogP contribution in [0.25, 0.3) is 0 Å². The Labute approximate surface area is 348 Å². The molecule has 0 radical (unpaired) electrons. The van der Waals surface area contributed by atoms with Gasteiger partial charge in [0.15, 0.2) is 6.10 Å². The summed E-state index contributed by atoms with van der Waals surface area (Å²) in [6.45, 7) is 3.60. The van der Waals surface area contributed by atoms with Crippen LogP contribution in [0.2, 0.25) is 0 Å². The highest BCUT2D eigenvalue weighted by molar-refractivity contribution is 7.47. The molecule has 0 saturated carbocycles. The summed E-state index contributed by atoms with van der Waals surface area (Å²) < 4.78 is 32.7. The van der Waals surface area contributed by atoms with Crippen molar-refractivity contribution in [1.29, 1.82) is 0 Å². The maximum atomic E-state index is 12.6. The lowest BCUT2D eigenvalue weighted by atomic mass is 10.1. The lowest BCUT2D eigenvalue weighted by Gasteiger charge is -2.19. The topological polar surface area (TPSA) is 134 Å². The van der Waals surface area contributed by atoms with Crippen molar-refractivity contribution in [3.63, 3.8) is 0 Å². The Morgan fingerprint density at radius 3 is 1.47 bits per heavy atom. The predicted molar refractivity (Wildman–Crippen MR) is 238 cm³/mol. The van der Waals surface area contributed by atoms with Crippen LogP contribution in [0.5, 0.6) is 0 Å². The van der Waals surface area contributed by atoms with Gasteiger partial charge in [0.1, 0.15) is 6.61 Å². The number of carbonyl (C=O) groups excluding carboxylic acids is 2. The van der Waals surface area contributed by atoms with Gasteiger partial charge >= 0.3 is 19.8 Å². The van der Waals surface area contributed by atoms with Crippen molar-refractivity contribution in [2.24, 2.45) is 5.73 Å². The summed E-state index contributed by atoms with van der Waals surface area (Å²) in [7, 11) is -4.40. The number of carbonyl (C=O) groups is 2. The van der Waals surface area contributed by atoms with Gasteiger partial charge in [-0.25, -0.2) is 4.57 Å². The van der Waals surface area contributed by atoms with E-state index in [1.165, 1.54) is 89.9 Å². The van der Waals surface area contributed by atoms with E-state index < -0.39 is 32.5 Å². The number of phosphoric acid groups is 1. The van der Waals surface area contributed by atoms with Crippen molar-refractivity contribution in [2.45, 2.75) is 187 Å². The smallest absolute Gasteiger partial charge is 0.462 e. The first-order valence-electron chi connectivity index (χ1n) is 22.4. The van der Waals surface area contributed by atoms with E-state index in [0.29, 0.717) is 12.8 Å². The van der Waals surface area contributed by atoms with Crippen LogP contribution < -0.4 is 5.73 Å². The van der Waals surface area contributed by atoms with Crippen molar-refractivity contribution < 1.29 is 37.6 Å². The Hall–Kier alpha value is -2.55. The third kappa shape index (κ3) is 42.9. The number of nitrogens with two attached hydrogens (primary N) is 1. The molecule has 0 bridgehead atoms. The molecule has 0 aliphatic rings. The van der Waals surface area contributed by atoms with Crippen LogP contribution >= 0.6 is 7.82 Å². The first-order valence-corrected chi connectivity index (χ1v) is 23.9. The van der Waals surface area contributed by atoms with Crippen molar-refractivity contribution in [3.05, 3.63) is 72.9 Å². The van der Waals surface area contributed by atoms with E-state index in [0.717, 1.165) is 51.4 Å². The second-order valence-electron chi connectivity index (χ2n) is 14.6. The molecular formula is C47H82NO8P. The molecule has 2 unspecified atom stereocenters. The molecule has 0 spiro atoms. The largest absolute Gasteiger partial charge is 0.472 e. The maximum absolute atomic E-state index is 12.6. The fourth-order valence-electron chi connectivity index (χ4n) is 5.73. The Balaban J connectivity index is 4.28. The molecule has 0 aromatic rings. The lowest BCUT2D eigenvalue weighted by Crippen LogP contribution is -2.29. The number of esters is 2. The molecule has 0 rings (SSSR count). The molecule has 0 heterocycles. The number of allylic oxidation sites excluding steroid dienone is 12. The lowest BCUT2D eigenvalue weighted by molar-refractivity contribution is -0.161. The van der Waals surface area contributed by atoms with Crippen molar-refractivity contribution in [1.82, 2.24) is 0 Å². The molecule has 0 aromatic carbocycles. The van der Waals surface area contributed by atoms with Gasteiger partial charge in [0.25, 0.3) is 0 Å². The number of unbranched alkanes of at least 4 members (excludes halogenated alkanes) is 16. The summed E-state index contributed by atoms with van der Waals surface area (Å²) in [6, 6.07) is 0. The molecule has 2 atom stereocenters. The van der Waals surface area contributed by atoms with E-state index in [9.17, 15) is 19.0 Å². The van der Waals surface area contributed by atoms with Crippen molar-refractivity contribution >= 4 is 19.8 Å². The minimum atomic E-state index is -4.40. The van der Waals surface area contributed by atoms with Crippen molar-refractivity contribution in [2.75, 3.05) is 26.4 Å². The van der Waals surface area contributed by atoms with Crippen LogP contribution in [0.1, 0.15) is 181 Å². The molecule has 0 saturated heterocycles. The minimum absolute atomic E-state index is 0.0403. The van der Waals surface area contributed by atoms with Crippen LogP contribution in [0.4, 0.5) is 0 Å². The maximum Gasteiger partial charge on any atom is 0.472 e. The molecular weight excluding hydrogens is 737 g/mol. The molecule has 57 heavy (non-hydrogen) atoms. The van der Waals surface area contributed by atoms with Crippen molar-refractivity contribution in [3.8, 4) is 0 Å². The molecule has 0 aliphatic carbocycles. The zero-order chi connectivity index (χ0) is 41.8. The van der Waals surface area contributed by atoms with E-state index in [4.69, 9.17) is 24.3 Å². The van der Waals surface area contributed by atoms with E-state index in [2.05, 4.69) is 74.6 Å². The molecule has 0 fully saturated rings. The average Bonchev–Trinajstić information content (AvgIpc) is 3.20. The second kappa shape index (κ2) is 43.0. The van der Waals surface area contributed by atoms with E-state index in [-0.39, 0.29) is 32.6 Å².